The van der Waals surface area contributed by atoms with E-state index in [4.69, 9.17) is 16.2 Å². The number of carbonyl (C=O) groups excluding carboxylic acids is 1. The van der Waals surface area contributed by atoms with Gasteiger partial charge in [-0.05, 0) is 32.3 Å². The van der Waals surface area contributed by atoms with E-state index < -0.39 is 6.09 Å². The lowest BCUT2D eigenvalue weighted by atomic mass is 10.2. The highest BCUT2D eigenvalue weighted by Gasteiger charge is 2.16. The van der Waals surface area contributed by atoms with Crippen molar-refractivity contribution in [2.45, 2.75) is 20.8 Å². The fourth-order valence-electron chi connectivity index (χ4n) is 1.32. The molecule has 0 unspecified atom stereocenters. The van der Waals surface area contributed by atoms with Crippen molar-refractivity contribution in [3.05, 3.63) is 11.3 Å². The Morgan fingerprint density at radius 2 is 2.16 bits per heavy atom. The quantitative estimate of drug-likeness (QED) is 0.432. The highest BCUT2D eigenvalue weighted by atomic mass is 32.1. The fourth-order valence-corrected chi connectivity index (χ4v) is 2.16. The van der Waals surface area contributed by atoms with Gasteiger partial charge in [0.2, 0.25) is 5.96 Å². The lowest BCUT2D eigenvalue weighted by Gasteiger charge is -2.05. The van der Waals surface area contributed by atoms with Crippen LogP contribution in [0.3, 0.4) is 0 Å². The van der Waals surface area contributed by atoms with E-state index in [-0.39, 0.29) is 5.96 Å². The molecule has 1 rings (SSSR count). The molecule has 1 amide bonds. The molecule has 0 fully saturated rings. The molecule has 1 aromatic rings. The molecule has 0 aromatic carbocycles. The van der Waals surface area contributed by atoms with Crippen molar-refractivity contribution >= 4 is 34.3 Å². The summed E-state index contributed by atoms with van der Waals surface area (Å²) < 4.78 is 8.97. The Hall–Kier alpha value is -2.16. The zero-order chi connectivity index (χ0) is 14.4. The minimum atomic E-state index is -0.540. The molecule has 0 aliphatic carbocycles. The van der Waals surface area contributed by atoms with Crippen LogP contribution in [0.15, 0.2) is 10.2 Å². The summed E-state index contributed by atoms with van der Waals surface area (Å²) in [6.07, 6.45) is -0.540. The molecule has 104 valence electrons. The summed E-state index contributed by atoms with van der Waals surface area (Å²) in [7, 11) is 0. The molecule has 19 heavy (non-hydrogen) atoms. The minimum absolute atomic E-state index is 0.139. The van der Waals surface area contributed by atoms with Crippen LogP contribution in [-0.4, -0.2) is 28.7 Å². The van der Waals surface area contributed by atoms with Crippen LogP contribution in [-0.2, 0) is 4.74 Å². The summed E-state index contributed by atoms with van der Waals surface area (Å²) in [5, 5.41) is 10.6. The van der Waals surface area contributed by atoms with Gasteiger partial charge in [0, 0.05) is 0 Å². The third-order valence-corrected chi connectivity index (χ3v) is 2.88. The van der Waals surface area contributed by atoms with Crippen LogP contribution >= 0.6 is 11.5 Å². The average Bonchev–Trinajstić information content (AvgIpc) is 2.67. The zero-order valence-electron chi connectivity index (χ0n) is 10.9. The van der Waals surface area contributed by atoms with Crippen molar-refractivity contribution in [2.75, 3.05) is 11.9 Å². The number of anilines is 1. The molecule has 8 nitrogen and oxygen atoms in total. The molecular weight excluding hydrogens is 268 g/mol. The first-order valence-corrected chi connectivity index (χ1v) is 6.26. The number of hydrogen-bond acceptors (Lipinski definition) is 6. The smallest absolute Gasteiger partial charge is 0.412 e. The van der Waals surface area contributed by atoms with Gasteiger partial charge in [-0.3, -0.25) is 5.32 Å². The van der Waals surface area contributed by atoms with Gasteiger partial charge in [-0.2, -0.15) is 9.47 Å². The second kappa shape index (κ2) is 6.69. The minimum Gasteiger partial charge on any atom is -0.450 e. The van der Waals surface area contributed by atoms with Crippen LogP contribution in [0.4, 0.5) is 9.80 Å². The first-order chi connectivity index (χ1) is 8.95. The number of guanidine groups is 1. The number of aromatic nitrogens is 1. The third-order valence-electron chi connectivity index (χ3n) is 2.03. The van der Waals surface area contributed by atoms with Crippen LogP contribution in [0.25, 0.3) is 0 Å². The van der Waals surface area contributed by atoms with Crippen LogP contribution in [0, 0.1) is 6.92 Å². The molecule has 0 aliphatic rings. The largest absolute Gasteiger partial charge is 0.450 e. The van der Waals surface area contributed by atoms with Gasteiger partial charge in [-0.25, -0.2) is 4.79 Å². The van der Waals surface area contributed by atoms with E-state index in [9.17, 15) is 4.79 Å². The summed E-state index contributed by atoms with van der Waals surface area (Å²) in [5.41, 5.74) is 12.4. The third kappa shape index (κ3) is 4.21. The van der Waals surface area contributed by atoms with E-state index in [0.717, 1.165) is 17.2 Å². The predicted octanol–water partition coefficient (Wildman–Crippen LogP) is 1.02. The van der Waals surface area contributed by atoms with Gasteiger partial charge in [-0.1, -0.05) is 0 Å². The Kier molecular flexibility index (Phi) is 5.24. The molecule has 0 saturated carbocycles. The van der Waals surface area contributed by atoms with Crippen molar-refractivity contribution in [2.24, 2.45) is 21.7 Å². The van der Waals surface area contributed by atoms with Crippen LogP contribution < -0.4 is 16.8 Å². The Morgan fingerprint density at radius 1 is 1.47 bits per heavy atom. The van der Waals surface area contributed by atoms with Gasteiger partial charge >= 0.3 is 6.09 Å². The number of amides is 1. The topological polar surface area (TPSA) is 128 Å². The van der Waals surface area contributed by atoms with Gasteiger partial charge in [-0.15, -0.1) is 5.10 Å². The van der Waals surface area contributed by atoms with Crippen molar-refractivity contribution < 1.29 is 9.53 Å². The molecular formula is C10H16N6O2S. The highest BCUT2D eigenvalue weighted by Crippen LogP contribution is 2.25. The first-order valence-electron chi connectivity index (χ1n) is 5.49. The number of nitrogens with one attached hydrogen (secondary N) is 1. The highest BCUT2D eigenvalue weighted by molar-refractivity contribution is 7.11. The number of carbonyl (C=O) groups is 1. The lowest BCUT2D eigenvalue weighted by molar-refractivity contribution is 0.168. The summed E-state index contributed by atoms with van der Waals surface area (Å²) >= 11 is 1.14. The Bertz CT molecular complexity index is 518. The van der Waals surface area contributed by atoms with Crippen LogP contribution in [0.5, 0.6) is 0 Å². The van der Waals surface area contributed by atoms with Gasteiger partial charge in [0.25, 0.3) is 0 Å². The van der Waals surface area contributed by atoms with E-state index in [2.05, 4.69) is 19.9 Å². The Morgan fingerprint density at radius 3 is 2.74 bits per heavy atom. The normalized spacial score (nSPS) is 11.0. The van der Waals surface area contributed by atoms with Crippen LogP contribution in [0.1, 0.15) is 25.1 Å². The predicted molar refractivity (Wildman–Crippen MR) is 75.5 cm³/mol. The summed E-state index contributed by atoms with van der Waals surface area (Å²) in [6.45, 7) is 5.54. The van der Waals surface area contributed by atoms with E-state index in [1.54, 1.807) is 20.8 Å². The van der Waals surface area contributed by atoms with Crippen molar-refractivity contribution in [1.82, 2.24) is 4.37 Å². The number of nitrogens with two attached hydrogens (primary N) is 2. The van der Waals surface area contributed by atoms with E-state index >= 15 is 0 Å². The number of aryl methyl sites for hydroxylation is 1. The second-order valence-electron chi connectivity index (χ2n) is 3.53. The Balaban J connectivity index is 3.01. The van der Waals surface area contributed by atoms with E-state index in [1.165, 1.54) is 0 Å². The summed E-state index contributed by atoms with van der Waals surface area (Å²) in [6, 6.07) is 0. The monoisotopic (exact) mass is 284 g/mol. The molecule has 0 bridgehead atoms. The molecule has 0 spiro atoms. The SMILES string of the molecule is CCOC(=O)Nc1snc(C)c1/C(C)=N/N=C(N)N. The number of rotatable bonds is 4. The maximum atomic E-state index is 11.4. The van der Waals surface area contributed by atoms with Crippen molar-refractivity contribution in [3.8, 4) is 0 Å². The fraction of sp³-hybridized carbons (Fsp3) is 0.400. The standard InChI is InChI=1S/C10H16N6O2S/c1-4-18-10(17)13-8-7(6(3)16-19-8)5(2)14-15-9(11)12/h4H2,1-3H3,(H,13,17)(H4,11,12,15)/b14-5+. The van der Waals surface area contributed by atoms with Gasteiger partial charge in [0.05, 0.1) is 23.6 Å². The maximum absolute atomic E-state index is 11.4. The molecule has 9 heteroatoms. The Labute approximate surface area is 114 Å². The average molecular weight is 284 g/mol. The summed E-state index contributed by atoms with van der Waals surface area (Å²) in [4.78, 5) is 11.4. The molecule has 1 heterocycles. The molecule has 0 saturated heterocycles. The van der Waals surface area contributed by atoms with E-state index in [1.807, 2.05) is 0 Å². The van der Waals surface area contributed by atoms with Gasteiger partial charge in [0.1, 0.15) is 5.00 Å². The van der Waals surface area contributed by atoms with Crippen molar-refractivity contribution in [3.63, 3.8) is 0 Å². The van der Waals surface area contributed by atoms with Gasteiger partial charge < -0.3 is 16.2 Å². The number of ether oxygens (including phenoxy) is 1. The van der Waals surface area contributed by atoms with Crippen molar-refractivity contribution in [1.29, 1.82) is 0 Å². The second-order valence-corrected chi connectivity index (χ2v) is 4.30. The number of nitrogens with zero attached hydrogens (tertiary/aromatic N) is 3. The first kappa shape index (κ1) is 14.9. The molecule has 0 radical (unpaired) electrons. The van der Waals surface area contributed by atoms with Gasteiger partial charge in [0.15, 0.2) is 0 Å². The molecule has 5 N–H and O–H groups in total. The molecule has 1 aromatic heterocycles. The number of hydrogen-bond donors (Lipinski definition) is 3. The maximum Gasteiger partial charge on any atom is 0.412 e. The zero-order valence-corrected chi connectivity index (χ0v) is 11.7. The van der Waals surface area contributed by atoms with E-state index in [0.29, 0.717) is 22.9 Å². The lowest BCUT2D eigenvalue weighted by Crippen LogP contribution is -2.22. The molecule has 0 atom stereocenters. The summed E-state index contributed by atoms with van der Waals surface area (Å²) in [5.74, 6) is -0.139. The van der Waals surface area contributed by atoms with Crippen LogP contribution in [0.2, 0.25) is 0 Å². The molecule has 0 aliphatic heterocycles.